The lowest BCUT2D eigenvalue weighted by molar-refractivity contribution is -0.124. The monoisotopic (exact) mass is 195 g/mol. The van der Waals surface area contributed by atoms with E-state index in [1.54, 1.807) is 0 Å². The average Bonchev–Trinajstić information content (AvgIpc) is 2.14. The first-order chi connectivity index (χ1) is 6.61. The Morgan fingerprint density at radius 2 is 2.14 bits per heavy atom. The Morgan fingerprint density at radius 3 is 2.86 bits per heavy atom. The van der Waals surface area contributed by atoms with Gasteiger partial charge in [0, 0.05) is 0 Å². The number of rotatable bonds is 0. The van der Waals surface area contributed by atoms with Crippen molar-refractivity contribution in [3.05, 3.63) is 28.8 Å². The van der Waals surface area contributed by atoms with Crippen LogP contribution in [0.2, 0.25) is 0 Å². The largest absolute Gasteiger partial charge is 0.507 e. The van der Waals surface area contributed by atoms with Crippen LogP contribution in [0, 0.1) is 0 Å². The molecular weight excluding hydrogens is 189 g/mol. The second kappa shape index (κ2) is 2.88. The number of carbonyl (C=O) groups is 1. The summed E-state index contributed by atoms with van der Waals surface area (Å²) in [5, 5.41) is 18.2. The fourth-order valence-corrected chi connectivity index (χ4v) is 1.29. The summed E-state index contributed by atoms with van der Waals surface area (Å²) in [7, 11) is 0. The molecule has 1 aromatic carbocycles. The highest BCUT2D eigenvalue weighted by Gasteiger charge is 2.25. The first-order valence-electron chi connectivity index (χ1n) is 3.89. The maximum Gasteiger partial charge on any atom is 0.282 e. The summed E-state index contributed by atoms with van der Waals surface area (Å²) in [6.45, 7) is 0. The lowest BCUT2D eigenvalue weighted by Gasteiger charge is -2.08. The lowest BCUT2D eigenvalue weighted by Crippen LogP contribution is -2.38. The molecule has 1 atom stereocenters. The van der Waals surface area contributed by atoms with Gasteiger partial charge in [-0.2, -0.15) is 0 Å². The van der Waals surface area contributed by atoms with Gasteiger partial charge in [0.25, 0.3) is 5.91 Å². The van der Waals surface area contributed by atoms with Crippen molar-refractivity contribution in [1.82, 2.24) is 0 Å². The minimum atomic E-state index is -1.89. The Bertz CT molecular complexity index is 523. The van der Waals surface area contributed by atoms with Gasteiger partial charge in [0.1, 0.15) is 5.75 Å². The predicted molar refractivity (Wildman–Crippen MR) is 44.4 cm³/mol. The molecule has 1 aliphatic heterocycles. The molecule has 1 aliphatic rings. The zero-order chi connectivity index (χ0) is 10.3. The maximum atomic E-state index is 13.3. The van der Waals surface area contributed by atoms with Crippen molar-refractivity contribution >= 4 is 11.7 Å². The third-order valence-electron chi connectivity index (χ3n) is 1.96. The van der Waals surface area contributed by atoms with Crippen LogP contribution in [0.15, 0.2) is 23.2 Å². The SMILES string of the molecule is O=C1N=c2cccc(O)c2=C(F)C1O. The van der Waals surface area contributed by atoms with Crippen molar-refractivity contribution in [3.8, 4) is 5.75 Å². The van der Waals surface area contributed by atoms with Crippen LogP contribution in [0.25, 0.3) is 5.83 Å². The molecule has 0 radical (unpaired) electrons. The van der Waals surface area contributed by atoms with Gasteiger partial charge in [0.05, 0.1) is 10.6 Å². The van der Waals surface area contributed by atoms with Gasteiger partial charge < -0.3 is 10.2 Å². The number of fused-ring (bicyclic) bond motifs is 1. The van der Waals surface area contributed by atoms with Gasteiger partial charge in [-0.05, 0) is 12.1 Å². The molecular formula is C9H6FNO3. The third kappa shape index (κ3) is 1.10. The molecule has 1 amide bonds. The van der Waals surface area contributed by atoms with Crippen LogP contribution < -0.4 is 10.6 Å². The van der Waals surface area contributed by atoms with Crippen molar-refractivity contribution in [2.75, 3.05) is 0 Å². The van der Waals surface area contributed by atoms with E-state index in [2.05, 4.69) is 4.99 Å². The number of amides is 1. The summed E-state index contributed by atoms with van der Waals surface area (Å²) in [6, 6.07) is 4.09. The minimum Gasteiger partial charge on any atom is -0.507 e. The van der Waals surface area contributed by atoms with E-state index >= 15 is 0 Å². The lowest BCUT2D eigenvalue weighted by atomic mass is 10.1. The summed E-state index contributed by atoms with van der Waals surface area (Å²) in [4.78, 5) is 14.3. The second-order valence-electron chi connectivity index (χ2n) is 2.87. The van der Waals surface area contributed by atoms with E-state index in [9.17, 15) is 14.3 Å². The van der Waals surface area contributed by atoms with Crippen molar-refractivity contribution in [1.29, 1.82) is 0 Å². The van der Waals surface area contributed by atoms with Crippen molar-refractivity contribution in [2.24, 2.45) is 4.99 Å². The predicted octanol–water partition coefficient (Wildman–Crippen LogP) is -1.01. The summed E-state index contributed by atoms with van der Waals surface area (Å²) in [5.41, 5.74) is 0. The zero-order valence-electron chi connectivity index (χ0n) is 6.94. The molecule has 0 bridgehead atoms. The number of carbonyl (C=O) groups excluding carboxylic acids is 1. The number of phenols is 1. The van der Waals surface area contributed by atoms with Gasteiger partial charge in [0.2, 0.25) is 0 Å². The number of aliphatic hydroxyl groups is 1. The molecule has 0 aromatic heterocycles. The number of nitrogens with zero attached hydrogens (tertiary/aromatic N) is 1. The van der Waals surface area contributed by atoms with E-state index in [1.165, 1.54) is 18.2 Å². The highest BCUT2D eigenvalue weighted by atomic mass is 19.1. The molecule has 1 unspecified atom stereocenters. The number of halogens is 1. The molecule has 0 aliphatic carbocycles. The molecule has 1 aromatic rings. The van der Waals surface area contributed by atoms with Crippen LogP contribution in [0.4, 0.5) is 4.39 Å². The molecule has 5 heteroatoms. The Morgan fingerprint density at radius 1 is 1.43 bits per heavy atom. The fourth-order valence-electron chi connectivity index (χ4n) is 1.29. The molecule has 1 heterocycles. The van der Waals surface area contributed by atoms with Crippen LogP contribution in [-0.4, -0.2) is 22.2 Å². The molecule has 4 nitrogen and oxygen atoms in total. The van der Waals surface area contributed by atoms with Crippen LogP contribution in [0.3, 0.4) is 0 Å². The molecule has 0 saturated carbocycles. The van der Waals surface area contributed by atoms with E-state index in [0.29, 0.717) is 0 Å². The molecule has 14 heavy (non-hydrogen) atoms. The van der Waals surface area contributed by atoms with Gasteiger partial charge >= 0.3 is 0 Å². The number of aliphatic hydroxyl groups excluding tert-OH is 1. The van der Waals surface area contributed by atoms with E-state index in [0.717, 1.165) is 0 Å². The molecule has 0 fully saturated rings. The van der Waals surface area contributed by atoms with Crippen LogP contribution in [-0.2, 0) is 4.79 Å². The molecule has 2 rings (SSSR count). The van der Waals surface area contributed by atoms with Gasteiger partial charge in [-0.15, -0.1) is 0 Å². The highest BCUT2D eigenvalue weighted by Crippen LogP contribution is 2.10. The number of hydrogen-bond donors (Lipinski definition) is 2. The maximum absolute atomic E-state index is 13.3. The van der Waals surface area contributed by atoms with Crippen LogP contribution >= 0.6 is 0 Å². The van der Waals surface area contributed by atoms with Gasteiger partial charge in [-0.1, -0.05) is 6.07 Å². The Hall–Kier alpha value is -1.75. The smallest absolute Gasteiger partial charge is 0.282 e. The number of benzene rings is 1. The zero-order valence-corrected chi connectivity index (χ0v) is 6.94. The standard InChI is InChI=1S/C9H6FNO3/c10-7-6-4(2-1-3-5(6)12)11-9(14)8(7)13/h1-3,8,12-13H. The van der Waals surface area contributed by atoms with Crippen molar-refractivity contribution < 1.29 is 19.4 Å². The summed E-state index contributed by atoms with van der Waals surface area (Å²) < 4.78 is 13.3. The number of phenolic OH excluding ortho intramolecular Hbond substituents is 1. The molecule has 0 spiro atoms. The number of aromatic hydroxyl groups is 1. The molecule has 72 valence electrons. The van der Waals surface area contributed by atoms with Crippen molar-refractivity contribution in [2.45, 2.75) is 6.10 Å². The average molecular weight is 195 g/mol. The minimum absolute atomic E-state index is 0.0396. The molecule has 2 N–H and O–H groups in total. The Balaban J connectivity index is 2.96. The number of hydrogen-bond acceptors (Lipinski definition) is 3. The van der Waals surface area contributed by atoms with Gasteiger partial charge in [0.15, 0.2) is 11.9 Å². The highest BCUT2D eigenvalue weighted by molar-refractivity contribution is 5.90. The summed E-state index contributed by atoms with van der Waals surface area (Å²) in [6.07, 6.45) is -1.89. The van der Waals surface area contributed by atoms with Crippen LogP contribution in [0.1, 0.15) is 0 Å². The summed E-state index contributed by atoms with van der Waals surface area (Å²) in [5.74, 6) is -2.35. The first-order valence-corrected chi connectivity index (χ1v) is 3.89. The van der Waals surface area contributed by atoms with Crippen LogP contribution in [0.5, 0.6) is 5.75 Å². The summed E-state index contributed by atoms with van der Waals surface area (Å²) >= 11 is 0. The van der Waals surface area contributed by atoms with E-state index in [1.807, 2.05) is 0 Å². The van der Waals surface area contributed by atoms with Gasteiger partial charge in [-0.3, -0.25) is 4.79 Å². The Labute approximate surface area is 77.6 Å². The van der Waals surface area contributed by atoms with E-state index in [4.69, 9.17) is 5.11 Å². The normalized spacial score (nSPS) is 20.3. The molecule has 0 saturated heterocycles. The van der Waals surface area contributed by atoms with Crippen molar-refractivity contribution in [3.63, 3.8) is 0 Å². The van der Waals surface area contributed by atoms with Gasteiger partial charge in [-0.25, -0.2) is 9.38 Å². The Kier molecular flexibility index (Phi) is 1.82. The first kappa shape index (κ1) is 8.83. The third-order valence-corrected chi connectivity index (χ3v) is 1.96. The fraction of sp³-hybridized carbons (Fsp3) is 0.111. The topological polar surface area (TPSA) is 69.9 Å². The van der Waals surface area contributed by atoms with E-state index < -0.39 is 17.8 Å². The second-order valence-corrected chi connectivity index (χ2v) is 2.87. The van der Waals surface area contributed by atoms with E-state index in [-0.39, 0.29) is 16.3 Å². The quantitative estimate of drug-likeness (QED) is 0.557.